The molecule has 0 radical (unpaired) electrons. The number of rotatable bonds is 3. The third-order valence-electron chi connectivity index (χ3n) is 3.13. The molecule has 1 saturated carbocycles. The normalized spacial score (nSPS) is 16.9. The lowest BCUT2D eigenvalue weighted by Gasteiger charge is -2.19. The molecule has 0 unspecified atom stereocenters. The zero-order valence-corrected chi connectivity index (χ0v) is 10.7. The second-order valence-electron chi connectivity index (χ2n) is 4.64. The van der Waals surface area contributed by atoms with E-state index in [-0.39, 0.29) is 18.3 Å². The van der Waals surface area contributed by atoms with Gasteiger partial charge in [0, 0.05) is 11.6 Å². The lowest BCUT2D eigenvalue weighted by molar-refractivity contribution is -0.138. The monoisotopic (exact) mass is 299 g/mol. The highest BCUT2D eigenvalue weighted by Crippen LogP contribution is 2.43. The van der Waals surface area contributed by atoms with Gasteiger partial charge in [-0.25, -0.2) is 4.39 Å². The largest absolute Gasteiger partial charge is 0.505 e. The van der Waals surface area contributed by atoms with E-state index in [1.807, 2.05) is 0 Å². The van der Waals surface area contributed by atoms with E-state index in [0.717, 1.165) is 12.8 Å². The van der Waals surface area contributed by atoms with Crippen molar-refractivity contribution in [3.05, 3.63) is 29.1 Å². The molecule has 1 aromatic rings. The van der Waals surface area contributed by atoms with Crippen LogP contribution in [-0.4, -0.2) is 5.11 Å². The summed E-state index contributed by atoms with van der Waals surface area (Å²) in [5.74, 6) is -1.79. The van der Waals surface area contributed by atoms with Crippen LogP contribution in [0.3, 0.4) is 0 Å². The third-order valence-corrected chi connectivity index (χ3v) is 3.13. The number of alkyl halides is 3. The maximum Gasteiger partial charge on any atom is 0.416 e. The number of benzene rings is 1. The molecule has 108 valence electrons. The Morgan fingerprint density at radius 2 is 1.89 bits per heavy atom. The fraction of sp³-hybridized carbons (Fsp3) is 0.500. The molecular formula is C12H14ClF4NO. The zero-order chi connectivity index (χ0) is 13.5. The van der Waals surface area contributed by atoms with Gasteiger partial charge >= 0.3 is 6.18 Å². The van der Waals surface area contributed by atoms with E-state index in [2.05, 4.69) is 0 Å². The SMILES string of the molecule is Cl.N[C@@H](CC1CC1)c1c(C(F)(F)F)ccc(F)c1O. The molecule has 0 heterocycles. The number of halogens is 5. The second kappa shape index (κ2) is 5.54. The van der Waals surface area contributed by atoms with E-state index in [9.17, 15) is 22.7 Å². The van der Waals surface area contributed by atoms with Gasteiger partial charge in [-0.05, 0) is 24.5 Å². The molecule has 2 nitrogen and oxygen atoms in total. The summed E-state index contributed by atoms with van der Waals surface area (Å²) >= 11 is 0. The van der Waals surface area contributed by atoms with E-state index in [0.29, 0.717) is 18.6 Å². The molecule has 3 N–H and O–H groups in total. The summed E-state index contributed by atoms with van der Waals surface area (Å²) in [7, 11) is 0. The predicted molar refractivity (Wildman–Crippen MR) is 64.6 cm³/mol. The second-order valence-corrected chi connectivity index (χ2v) is 4.64. The van der Waals surface area contributed by atoms with Crippen LogP contribution < -0.4 is 5.73 Å². The minimum absolute atomic E-state index is 0. The molecule has 0 saturated heterocycles. The first-order valence-corrected chi connectivity index (χ1v) is 5.65. The van der Waals surface area contributed by atoms with E-state index in [1.165, 1.54) is 0 Å². The number of phenols is 1. The molecule has 19 heavy (non-hydrogen) atoms. The average molecular weight is 300 g/mol. The fourth-order valence-corrected chi connectivity index (χ4v) is 2.03. The highest BCUT2D eigenvalue weighted by atomic mass is 35.5. The van der Waals surface area contributed by atoms with Crippen molar-refractivity contribution in [3.63, 3.8) is 0 Å². The summed E-state index contributed by atoms with van der Waals surface area (Å²) in [6.45, 7) is 0. The minimum atomic E-state index is -4.65. The predicted octanol–water partition coefficient (Wildman–Crippen LogP) is 3.77. The maximum atomic E-state index is 13.2. The summed E-state index contributed by atoms with van der Waals surface area (Å²) in [4.78, 5) is 0. The molecule has 0 amide bonds. The smallest absolute Gasteiger partial charge is 0.416 e. The Morgan fingerprint density at radius 3 is 2.37 bits per heavy atom. The summed E-state index contributed by atoms with van der Waals surface area (Å²) in [6.07, 6.45) is -2.47. The molecule has 0 aliphatic heterocycles. The van der Waals surface area contributed by atoms with Crippen LogP contribution in [0, 0.1) is 11.7 Å². The maximum absolute atomic E-state index is 13.2. The lowest BCUT2D eigenvalue weighted by Crippen LogP contribution is -2.18. The van der Waals surface area contributed by atoms with Gasteiger partial charge in [0.1, 0.15) is 0 Å². The quantitative estimate of drug-likeness (QED) is 0.835. The van der Waals surface area contributed by atoms with Crippen molar-refractivity contribution in [3.8, 4) is 5.75 Å². The van der Waals surface area contributed by atoms with E-state index >= 15 is 0 Å². The molecule has 0 bridgehead atoms. The van der Waals surface area contributed by atoms with Gasteiger partial charge in [-0.1, -0.05) is 12.8 Å². The molecule has 1 atom stereocenters. The number of aromatic hydroxyl groups is 1. The van der Waals surface area contributed by atoms with Crippen molar-refractivity contribution < 1.29 is 22.7 Å². The van der Waals surface area contributed by atoms with Crippen LogP contribution in [0.15, 0.2) is 12.1 Å². The van der Waals surface area contributed by atoms with Gasteiger partial charge < -0.3 is 10.8 Å². The van der Waals surface area contributed by atoms with Crippen LogP contribution in [0.2, 0.25) is 0 Å². The van der Waals surface area contributed by atoms with Crippen molar-refractivity contribution in [1.29, 1.82) is 0 Å². The van der Waals surface area contributed by atoms with E-state index in [1.54, 1.807) is 0 Å². The van der Waals surface area contributed by atoms with Crippen LogP contribution in [0.5, 0.6) is 5.75 Å². The first kappa shape index (κ1) is 16.0. The Kier molecular flexibility index (Phi) is 4.68. The van der Waals surface area contributed by atoms with Gasteiger partial charge in [0.05, 0.1) is 5.56 Å². The molecule has 1 aromatic carbocycles. The molecule has 1 fully saturated rings. The zero-order valence-electron chi connectivity index (χ0n) is 9.88. The molecule has 0 spiro atoms. The van der Waals surface area contributed by atoms with Gasteiger partial charge in [0.25, 0.3) is 0 Å². The summed E-state index contributed by atoms with van der Waals surface area (Å²) in [5, 5.41) is 9.49. The molecular weight excluding hydrogens is 286 g/mol. The van der Waals surface area contributed by atoms with Gasteiger partial charge in [0.15, 0.2) is 11.6 Å². The fourth-order valence-electron chi connectivity index (χ4n) is 2.03. The van der Waals surface area contributed by atoms with Gasteiger partial charge in [-0.15, -0.1) is 12.4 Å². The average Bonchev–Trinajstić information content (AvgIpc) is 3.03. The summed E-state index contributed by atoms with van der Waals surface area (Å²) in [5.41, 5.74) is 4.08. The van der Waals surface area contributed by atoms with Crippen LogP contribution in [0.25, 0.3) is 0 Å². The van der Waals surface area contributed by atoms with Crippen molar-refractivity contribution in [2.75, 3.05) is 0 Å². The molecule has 2 rings (SSSR count). The molecule has 0 aromatic heterocycles. The Hall–Kier alpha value is -1.01. The molecule has 1 aliphatic carbocycles. The number of hydrogen-bond donors (Lipinski definition) is 2. The van der Waals surface area contributed by atoms with Crippen LogP contribution >= 0.6 is 12.4 Å². The number of hydrogen-bond acceptors (Lipinski definition) is 2. The third kappa shape index (κ3) is 3.51. The summed E-state index contributed by atoms with van der Waals surface area (Å²) < 4.78 is 51.5. The molecule has 1 aliphatic rings. The van der Waals surface area contributed by atoms with E-state index in [4.69, 9.17) is 5.73 Å². The topological polar surface area (TPSA) is 46.2 Å². The van der Waals surface area contributed by atoms with Crippen molar-refractivity contribution in [2.45, 2.75) is 31.5 Å². The van der Waals surface area contributed by atoms with Crippen LogP contribution in [0.4, 0.5) is 17.6 Å². The van der Waals surface area contributed by atoms with Crippen LogP contribution in [-0.2, 0) is 6.18 Å². The number of nitrogens with two attached hydrogens (primary N) is 1. The lowest BCUT2D eigenvalue weighted by atomic mass is 9.95. The first-order valence-electron chi connectivity index (χ1n) is 5.65. The number of phenolic OH excluding ortho intramolecular Hbond substituents is 1. The molecule has 7 heteroatoms. The first-order chi connectivity index (χ1) is 8.30. The highest BCUT2D eigenvalue weighted by Gasteiger charge is 2.38. The van der Waals surface area contributed by atoms with Gasteiger partial charge in [-0.2, -0.15) is 13.2 Å². The van der Waals surface area contributed by atoms with Gasteiger partial charge in [0.2, 0.25) is 0 Å². The minimum Gasteiger partial charge on any atom is -0.505 e. The van der Waals surface area contributed by atoms with Crippen molar-refractivity contribution >= 4 is 12.4 Å². The van der Waals surface area contributed by atoms with Gasteiger partial charge in [-0.3, -0.25) is 0 Å². The Labute approximate surface area is 114 Å². The van der Waals surface area contributed by atoms with Crippen molar-refractivity contribution in [2.24, 2.45) is 11.7 Å². The van der Waals surface area contributed by atoms with Crippen molar-refractivity contribution in [1.82, 2.24) is 0 Å². The Morgan fingerprint density at radius 1 is 1.32 bits per heavy atom. The Balaban J connectivity index is 0.00000180. The van der Waals surface area contributed by atoms with E-state index < -0.39 is 34.9 Å². The standard InChI is InChI=1S/C12H13F4NO.ClH/c13-8-4-3-7(12(14,15)16)10(11(8)18)9(17)5-6-1-2-6;/h3-4,6,9,18H,1-2,5,17H2;1H/t9-;/m0./s1. The van der Waals surface area contributed by atoms with Crippen LogP contribution in [0.1, 0.15) is 36.4 Å². The summed E-state index contributed by atoms with van der Waals surface area (Å²) in [6, 6.07) is 0.229. The Bertz CT molecular complexity index is 460. The highest BCUT2D eigenvalue weighted by molar-refractivity contribution is 5.85.